The molecule has 0 saturated carbocycles. The van der Waals surface area contributed by atoms with Crippen LogP contribution in [0.15, 0.2) is 24.3 Å². The number of ether oxygens (including phenoxy) is 1. The van der Waals surface area contributed by atoms with Crippen molar-refractivity contribution < 1.29 is 19.7 Å². The van der Waals surface area contributed by atoms with Crippen molar-refractivity contribution in [3.05, 3.63) is 35.0 Å². The Labute approximate surface area is 127 Å². The Morgan fingerprint density at radius 3 is 2.86 bits per heavy atom. The number of nitrogens with zero attached hydrogens (tertiary/aromatic N) is 1. The van der Waals surface area contributed by atoms with E-state index in [9.17, 15) is 9.90 Å². The van der Waals surface area contributed by atoms with Crippen molar-refractivity contribution in [3.63, 3.8) is 0 Å². The van der Waals surface area contributed by atoms with Gasteiger partial charge in [-0.3, -0.25) is 0 Å². The lowest BCUT2D eigenvalue weighted by atomic mass is 10.2. The van der Waals surface area contributed by atoms with Crippen LogP contribution in [-0.2, 0) is 11.3 Å². The van der Waals surface area contributed by atoms with Gasteiger partial charge in [0.15, 0.2) is 0 Å². The Morgan fingerprint density at radius 2 is 2.19 bits per heavy atom. The fraction of sp³-hybridized carbons (Fsp3) is 0.400. The molecule has 0 radical (unpaired) electrons. The van der Waals surface area contributed by atoms with E-state index in [4.69, 9.17) is 21.4 Å². The third-order valence-corrected chi connectivity index (χ3v) is 3.48. The van der Waals surface area contributed by atoms with Crippen molar-refractivity contribution >= 4 is 28.5 Å². The predicted octanol–water partition coefficient (Wildman–Crippen LogP) is 2.21. The summed E-state index contributed by atoms with van der Waals surface area (Å²) in [7, 11) is 0. The molecular weight excluding hydrogens is 294 g/mol. The SMILES string of the molecule is CCOC(=O)c1cc2cc(Cl)ccc2n1CCC(O)CO. The van der Waals surface area contributed by atoms with E-state index in [0.29, 0.717) is 30.3 Å². The average molecular weight is 312 g/mol. The van der Waals surface area contributed by atoms with E-state index < -0.39 is 12.1 Å². The van der Waals surface area contributed by atoms with Gasteiger partial charge in [-0.15, -0.1) is 0 Å². The molecule has 0 aliphatic carbocycles. The Kier molecular flexibility index (Phi) is 5.22. The molecule has 0 amide bonds. The largest absolute Gasteiger partial charge is 0.461 e. The number of rotatable bonds is 6. The van der Waals surface area contributed by atoms with Gasteiger partial charge in [0.25, 0.3) is 0 Å². The van der Waals surface area contributed by atoms with E-state index in [-0.39, 0.29) is 6.61 Å². The molecule has 0 fully saturated rings. The first-order valence-electron chi connectivity index (χ1n) is 6.81. The second-order valence-electron chi connectivity index (χ2n) is 4.73. The molecule has 2 N–H and O–H groups in total. The molecule has 1 unspecified atom stereocenters. The lowest BCUT2D eigenvalue weighted by Gasteiger charge is -2.12. The maximum atomic E-state index is 12.0. The third-order valence-electron chi connectivity index (χ3n) is 3.24. The average Bonchev–Trinajstić information content (AvgIpc) is 2.82. The Bertz CT molecular complexity index is 638. The Balaban J connectivity index is 2.41. The van der Waals surface area contributed by atoms with Crippen LogP contribution in [0.3, 0.4) is 0 Å². The molecular formula is C15H18ClNO4. The first kappa shape index (κ1) is 15.8. The Hall–Kier alpha value is -1.56. The molecule has 0 aliphatic heterocycles. The van der Waals surface area contributed by atoms with Crippen LogP contribution in [0.1, 0.15) is 23.8 Å². The number of fused-ring (bicyclic) bond motifs is 1. The van der Waals surface area contributed by atoms with Crippen LogP contribution in [0.4, 0.5) is 0 Å². The topological polar surface area (TPSA) is 71.7 Å². The molecule has 21 heavy (non-hydrogen) atoms. The summed E-state index contributed by atoms with van der Waals surface area (Å²) >= 11 is 5.97. The number of carbonyl (C=O) groups is 1. The second-order valence-corrected chi connectivity index (χ2v) is 5.17. The molecule has 1 aromatic heterocycles. The molecule has 5 nitrogen and oxygen atoms in total. The van der Waals surface area contributed by atoms with Crippen LogP contribution < -0.4 is 0 Å². The summed E-state index contributed by atoms with van der Waals surface area (Å²) in [5, 5.41) is 19.8. The summed E-state index contributed by atoms with van der Waals surface area (Å²) in [6.07, 6.45) is -0.472. The minimum absolute atomic E-state index is 0.292. The minimum Gasteiger partial charge on any atom is -0.461 e. The highest BCUT2D eigenvalue weighted by atomic mass is 35.5. The number of halogens is 1. The Morgan fingerprint density at radius 1 is 1.43 bits per heavy atom. The van der Waals surface area contributed by atoms with Crippen LogP contribution in [0.5, 0.6) is 0 Å². The van der Waals surface area contributed by atoms with Crippen molar-refractivity contribution in [1.82, 2.24) is 4.57 Å². The molecule has 0 spiro atoms. The highest BCUT2D eigenvalue weighted by Crippen LogP contribution is 2.24. The van der Waals surface area contributed by atoms with Gasteiger partial charge < -0.3 is 19.5 Å². The van der Waals surface area contributed by atoms with Crippen LogP contribution >= 0.6 is 11.6 Å². The number of carbonyl (C=O) groups excluding carboxylic acids is 1. The lowest BCUT2D eigenvalue weighted by Crippen LogP contribution is -2.18. The van der Waals surface area contributed by atoms with E-state index in [2.05, 4.69) is 0 Å². The zero-order valence-electron chi connectivity index (χ0n) is 11.8. The zero-order chi connectivity index (χ0) is 15.4. The van der Waals surface area contributed by atoms with E-state index in [1.807, 2.05) is 6.07 Å². The normalized spacial score (nSPS) is 12.6. The van der Waals surface area contributed by atoms with E-state index in [1.165, 1.54) is 0 Å². The van der Waals surface area contributed by atoms with Gasteiger partial charge >= 0.3 is 5.97 Å². The number of aliphatic hydroxyl groups excluding tert-OH is 2. The summed E-state index contributed by atoms with van der Waals surface area (Å²) in [5.74, 6) is -0.414. The highest BCUT2D eigenvalue weighted by Gasteiger charge is 2.17. The first-order chi connectivity index (χ1) is 10.1. The van der Waals surface area contributed by atoms with Gasteiger partial charge in [0, 0.05) is 22.5 Å². The van der Waals surface area contributed by atoms with E-state index in [1.54, 1.807) is 29.7 Å². The maximum absolute atomic E-state index is 12.0. The molecule has 1 heterocycles. The number of aryl methyl sites for hydroxylation is 1. The fourth-order valence-electron chi connectivity index (χ4n) is 2.23. The van der Waals surface area contributed by atoms with E-state index >= 15 is 0 Å². The number of hydrogen-bond donors (Lipinski definition) is 2. The van der Waals surface area contributed by atoms with Crippen LogP contribution in [0.2, 0.25) is 5.02 Å². The number of aromatic nitrogens is 1. The first-order valence-corrected chi connectivity index (χ1v) is 7.19. The minimum atomic E-state index is -0.815. The third kappa shape index (κ3) is 3.56. The number of esters is 1. The van der Waals surface area contributed by atoms with Gasteiger partial charge in [-0.1, -0.05) is 11.6 Å². The summed E-state index contributed by atoms with van der Waals surface area (Å²) in [4.78, 5) is 12.0. The summed E-state index contributed by atoms with van der Waals surface area (Å²) < 4.78 is 6.84. The van der Waals surface area contributed by atoms with Gasteiger partial charge in [-0.2, -0.15) is 0 Å². The van der Waals surface area contributed by atoms with Gasteiger partial charge in [0.1, 0.15) is 5.69 Å². The molecule has 1 aromatic carbocycles. The standard InChI is InChI=1S/C15H18ClNO4/c1-2-21-15(20)14-8-10-7-11(16)3-4-13(10)17(14)6-5-12(19)9-18/h3-4,7-8,12,18-19H,2,5-6,9H2,1H3. The zero-order valence-corrected chi connectivity index (χ0v) is 12.5. The molecule has 0 saturated heterocycles. The van der Waals surface area contributed by atoms with Gasteiger partial charge in [-0.05, 0) is 37.6 Å². The van der Waals surface area contributed by atoms with Crippen LogP contribution in [0, 0.1) is 0 Å². The monoisotopic (exact) mass is 311 g/mol. The van der Waals surface area contributed by atoms with Crippen molar-refractivity contribution in [3.8, 4) is 0 Å². The molecule has 6 heteroatoms. The molecule has 2 rings (SSSR count). The maximum Gasteiger partial charge on any atom is 0.354 e. The van der Waals surface area contributed by atoms with Crippen molar-refractivity contribution in [2.45, 2.75) is 26.0 Å². The summed E-state index contributed by atoms with van der Waals surface area (Å²) in [6, 6.07) is 7.08. The molecule has 114 valence electrons. The molecule has 0 aliphatic rings. The van der Waals surface area contributed by atoms with Crippen LogP contribution in [0.25, 0.3) is 10.9 Å². The molecule has 1 atom stereocenters. The highest BCUT2D eigenvalue weighted by molar-refractivity contribution is 6.31. The van der Waals surface area contributed by atoms with Crippen molar-refractivity contribution in [2.24, 2.45) is 0 Å². The summed E-state index contributed by atoms with van der Waals surface area (Å²) in [6.45, 7) is 2.14. The van der Waals surface area contributed by atoms with Gasteiger partial charge in [-0.25, -0.2) is 4.79 Å². The number of benzene rings is 1. The van der Waals surface area contributed by atoms with Crippen molar-refractivity contribution in [2.75, 3.05) is 13.2 Å². The predicted molar refractivity (Wildman–Crippen MR) is 80.6 cm³/mol. The van der Waals surface area contributed by atoms with E-state index in [0.717, 1.165) is 10.9 Å². The fourth-order valence-corrected chi connectivity index (χ4v) is 2.41. The summed E-state index contributed by atoms with van der Waals surface area (Å²) in [5.41, 5.74) is 1.26. The smallest absolute Gasteiger partial charge is 0.354 e. The molecule has 2 aromatic rings. The van der Waals surface area contributed by atoms with Crippen molar-refractivity contribution in [1.29, 1.82) is 0 Å². The quantitative estimate of drug-likeness (QED) is 0.802. The molecule has 0 bridgehead atoms. The number of aliphatic hydroxyl groups is 2. The van der Waals surface area contributed by atoms with Gasteiger partial charge in [0.2, 0.25) is 0 Å². The van der Waals surface area contributed by atoms with Gasteiger partial charge in [0.05, 0.1) is 19.3 Å². The number of hydrogen-bond acceptors (Lipinski definition) is 4. The second kappa shape index (κ2) is 6.93. The lowest BCUT2D eigenvalue weighted by molar-refractivity contribution is 0.0510. The van der Waals surface area contributed by atoms with Crippen LogP contribution in [-0.4, -0.2) is 40.1 Å².